The van der Waals surface area contributed by atoms with Gasteiger partial charge in [-0.05, 0) is 36.8 Å². The summed E-state index contributed by atoms with van der Waals surface area (Å²) in [5.74, 6) is -0.628. The number of ether oxygens (including phenoxy) is 2. The Morgan fingerprint density at radius 2 is 1.78 bits per heavy atom. The number of nitrogens with zero attached hydrogens (tertiary/aromatic N) is 4. The fraction of sp³-hybridized carbons (Fsp3) is 0.588. The van der Waals surface area contributed by atoms with Crippen molar-refractivity contribution in [3.05, 3.63) is 60.2 Å². The molecule has 1 saturated heterocycles. The molecule has 2 N–H and O–H groups in total. The number of carbonyl (C=O) groups excluding carboxylic acids is 4. The van der Waals surface area contributed by atoms with Crippen LogP contribution in [0.15, 0.2) is 48.8 Å². The van der Waals surface area contributed by atoms with Crippen LogP contribution in [-0.4, -0.2) is 103 Å². The number of aromatic nitrogens is 2. The smallest absolute Gasteiger partial charge is 0.242 e. The first-order valence-corrected chi connectivity index (χ1v) is 16.1. The van der Waals surface area contributed by atoms with Crippen molar-refractivity contribution in [2.45, 2.75) is 83.2 Å². The number of hydrogen-bond donors (Lipinski definition) is 2. The third-order valence-corrected chi connectivity index (χ3v) is 9.14. The lowest BCUT2D eigenvalue weighted by Crippen LogP contribution is -2.54. The van der Waals surface area contributed by atoms with E-state index in [1.807, 2.05) is 51.1 Å². The lowest BCUT2D eigenvalue weighted by Gasteiger charge is -2.39. The summed E-state index contributed by atoms with van der Waals surface area (Å²) in [6, 6.07) is 10.5. The van der Waals surface area contributed by atoms with E-state index in [2.05, 4.69) is 20.6 Å². The zero-order chi connectivity index (χ0) is 33.6. The highest BCUT2D eigenvalue weighted by molar-refractivity contribution is 5.81. The van der Waals surface area contributed by atoms with E-state index in [1.165, 1.54) is 0 Å². The average molecular weight is 639 g/mol. The minimum atomic E-state index is -0.578. The second kappa shape index (κ2) is 18.3. The van der Waals surface area contributed by atoms with Gasteiger partial charge in [0.25, 0.3) is 0 Å². The van der Waals surface area contributed by atoms with E-state index in [9.17, 15) is 19.2 Å². The first kappa shape index (κ1) is 36.6. The van der Waals surface area contributed by atoms with Gasteiger partial charge < -0.3 is 29.9 Å². The van der Waals surface area contributed by atoms with Crippen molar-refractivity contribution in [1.82, 2.24) is 30.4 Å². The number of likely N-dealkylation sites (tertiary alicyclic amines) is 1. The van der Waals surface area contributed by atoms with Crippen molar-refractivity contribution < 1.29 is 28.7 Å². The minimum absolute atomic E-state index is 0.0326. The van der Waals surface area contributed by atoms with Crippen LogP contribution in [0, 0.1) is 11.8 Å². The highest BCUT2D eigenvalue weighted by atomic mass is 16.5. The van der Waals surface area contributed by atoms with Crippen LogP contribution >= 0.6 is 0 Å². The molecule has 1 aliphatic rings. The molecule has 1 aliphatic heterocycles. The first-order chi connectivity index (χ1) is 22.2. The van der Waals surface area contributed by atoms with E-state index >= 15 is 0 Å². The van der Waals surface area contributed by atoms with Crippen LogP contribution < -0.4 is 10.6 Å². The molecule has 1 fully saturated rings. The molecule has 0 aliphatic carbocycles. The van der Waals surface area contributed by atoms with Crippen LogP contribution in [0.25, 0.3) is 0 Å². The Morgan fingerprint density at radius 3 is 2.39 bits per heavy atom. The Bertz CT molecular complexity index is 1250. The van der Waals surface area contributed by atoms with Gasteiger partial charge in [0.1, 0.15) is 0 Å². The van der Waals surface area contributed by atoms with Crippen molar-refractivity contribution in [3.63, 3.8) is 0 Å². The quantitative estimate of drug-likeness (QED) is 0.237. The lowest BCUT2D eigenvalue weighted by atomic mass is 9.90. The highest BCUT2D eigenvalue weighted by Gasteiger charge is 2.42. The largest absolute Gasteiger partial charge is 0.379 e. The summed E-state index contributed by atoms with van der Waals surface area (Å²) in [5.41, 5.74) is 1.04. The van der Waals surface area contributed by atoms with Crippen LogP contribution in [0.5, 0.6) is 0 Å². The molecule has 4 amide bonds. The van der Waals surface area contributed by atoms with Gasteiger partial charge in [0.05, 0.1) is 49.2 Å². The van der Waals surface area contributed by atoms with E-state index in [4.69, 9.17) is 9.47 Å². The maximum Gasteiger partial charge on any atom is 0.242 e. The van der Waals surface area contributed by atoms with Gasteiger partial charge in [-0.1, -0.05) is 57.5 Å². The van der Waals surface area contributed by atoms with Crippen LogP contribution in [0.1, 0.15) is 63.9 Å². The van der Waals surface area contributed by atoms with Gasteiger partial charge in [0, 0.05) is 40.2 Å². The van der Waals surface area contributed by atoms with Crippen molar-refractivity contribution in [1.29, 1.82) is 0 Å². The molecule has 1 aromatic carbocycles. The SMILES string of the molecule is CCC(C)C(C(CC(=O)N1CCCC1C(OC)C(C)C(=O)NC(Cc1ccccc1)c1ncccn1)OC)N(C)C(=O)CNC=O. The third-order valence-electron chi connectivity index (χ3n) is 9.14. The molecule has 12 nitrogen and oxygen atoms in total. The molecular formula is C34H50N6O6. The van der Waals surface area contributed by atoms with Gasteiger partial charge in [0.2, 0.25) is 24.1 Å². The van der Waals surface area contributed by atoms with Gasteiger partial charge in [-0.15, -0.1) is 0 Å². The second-order valence-corrected chi connectivity index (χ2v) is 12.0. The number of amides is 4. The summed E-state index contributed by atoms with van der Waals surface area (Å²) in [5, 5.41) is 5.56. The molecule has 2 aromatic rings. The zero-order valence-corrected chi connectivity index (χ0v) is 27.9. The summed E-state index contributed by atoms with van der Waals surface area (Å²) in [6.45, 7) is 6.26. The van der Waals surface area contributed by atoms with Crippen LogP contribution in [0.2, 0.25) is 0 Å². The van der Waals surface area contributed by atoms with Crippen LogP contribution in [-0.2, 0) is 35.1 Å². The summed E-state index contributed by atoms with van der Waals surface area (Å²) in [4.78, 5) is 63.4. The number of benzene rings is 1. The molecule has 0 saturated carbocycles. The second-order valence-electron chi connectivity index (χ2n) is 12.0. The predicted molar refractivity (Wildman–Crippen MR) is 173 cm³/mol. The van der Waals surface area contributed by atoms with Crippen molar-refractivity contribution >= 4 is 24.1 Å². The number of likely N-dealkylation sites (N-methyl/N-ethyl adjacent to an activating group) is 1. The Morgan fingerprint density at radius 1 is 1.09 bits per heavy atom. The molecule has 2 heterocycles. The number of hydrogen-bond acceptors (Lipinski definition) is 8. The maximum atomic E-state index is 13.9. The standard InChI is InChI=1S/C34H50N6O6/c1-7-23(2)31(39(4)30(43)21-35-22-41)28(45-5)20-29(42)40-18-11-15-27(40)32(46-6)24(3)34(44)38-26(33-36-16-12-17-37-33)19-25-13-9-8-10-14-25/h8-10,12-14,16-17,22-24,26-28,31-32H,7,11,15,18-21H2,1-6H3,(H,35,41)(H,38,44). The number of rotatable bonds is 18. The first-order valence-electron chi connectivity index (χ1n) is 16.1. The van der Waals surface area contributed by atoms with Crippen LogP contribution in [0.4, 0.5) is 0 Å². The predicted octanol–water partition coefficient (Wildman–Crippen LogP) is 2.54. The average Bonchev–Trinajstić information content (AvgIpc) is 3.57. The molecule has 0 spiro atoms. The molecule has 1 aromatic heterocycles. The molecule has 7 atom stereocenters. The number of nitrogens with one attached hydrogen (secondary N) is 2. The Hall–Kier alpha value is -3.90. The van der Waals surface area contributed by atoms with Crippen molar-refractivity contribution in [2.75, 3.05) is 34.4 Å². The van der Waals surface area contributed by atoms with E-state index < -0.39 is 24.2 Å². The number of carbonyl (C=O) groups is 4. The normalized spacial score (nSPS) is 18.5. The summed E-state index contributed by atoms with van der Waals surface area (Å²) >= 11 is 0. The molecule has 12 heteroatoms. The summed E-state index contributed by atoms with van der Waals surface area (Å²) < 4.78 is 11.8. The van der Waals surface area contributed by atoms with E-state index in [-0.39, 0.29) is 48.7 Å². The van der Waals surface area contributed by atoms with Gasteiger partial charge in [0.15, 0.2) is 5.82 Å². The maximum absolute atomic E-state index is 13.9. The van der Waals surface area contributed by atoms with Gasteiger partial charge in [-0.25, -0.2) is 9.97 Å². The van der Waals surface area contributed by atoms with Crippen molar-refractivity contribution in [3.8, 4) is 0 Å². The molecule has 3 rings (SSSR count). The minimum Gasteiger partial charge on any atom is -0.379 e. The topological polar surface area (TPSA) is 143 Å². The lowest BCUT2D eigenvalue weighted by molar-refractivity contribution is -0.145. The third kappa shape index (κ3) is 9.56. The van der Waals surface area contributed by atoms with Gasteiger partial charge in [-0.3, -0.25) is 19.2 Å². The summed E-state index contributed by atoms with van der Waals surface area (Å²) in [6.07, 6.45) is 5.50. The molecule has 0 bridgehead atoms. The fourth-order valence-corrected chi connectivity index (χ4v) is 6.43. The van der Waals surface area contributed by atoms with Crippen molar-refractivity contribution in [2.24, 2.45) is 11.8 Å². The van der Waals surface area contributed by atoms with E-state index in [0.717, 1.165) is 18.4 Å². The molecule has 252 valence electrons. The number of methoxy groups -OCH3 is 2. The highest BCUT2D eigenvalue weighted by Crippen LogP contribution is 2.29. The van der Waals surface area contributed by atoms with E-state index in [1.54, 1.807) is 49.5 Å². The Kier molecular flexibility index (Phi) is 14.5. The molecular weight excluding hydrogens is 588 g/mol. The Balaban J connectivity index is 1.75. The molecule has 7 unspecified atom stereocenters. The monoisotopic (exact) mass is 638 g/mol. The Labute approximate surface area is 272 Å². The van der Waals surface area contributed by atoms with Gasteiger partial charge in [-0.2, -0.15) is 0 Å². The fourth-order valence-electron chi connectivity index (χ4n) is 6.43. The summed E-state index contributed by atoms with van der Waals surface area (Å²) in [7, 11) is 4.79. The zero-order valence-electron chi connectivity index (χ0n) is 27.9. The van der Waals surface area contributed by atoms with Gasteiger partial charge >= 0.3 is 0 Å². The van der Waals surface area contributed by atoms with Crippen LogP contribution in [0.3, 0.4) is 0 Å². The van der Waals surface area contributed by atoms with E-state index in [0.29, 0.717) is 31.6 Å². The molecule has 0 radical (unpaired) electrons. The molecule has 46 heavy (non-hydrogen) atoms.